The van der Waals surface area contributed by atoms with Crippen LogP contribution in [0.2, 0.25) is 0 Å². The predicted molar refractivity (Wildman–Crippen MR) is 279 cm³/mol. The van der Waals surface area contributed by atoms with Gasteiger partial charge in [0.2, 0.25) is 0 Å². The molecule has 0 spiro atoms. The minimum atomic E-state index is -0.577. The number of carbonyl (C=O) groups is 2. The molecular weight excluding hydrogens is 789 g/mol. The molecule has 0 bridgehead atoms. The normalized spacial score (nSPS) is 13.1. The van der Waals surface area contributed by atoms with Crippen molar-refractivity contribution in [1.82, 2.24) is 0 Å². The summed E-state index contributed by atoms with van der Waals surface area (Å²) in [7, 11) is 0. The van der Waals surface area contributed by atoms with Gasteiger partial charge in [-0.1, -0.05) is 207 Å². The molecule has 0 aliphatic heterocycles. The van der Waals surface area contributed by atoms with E-state index in [0.717, 1.165) is 109 Å². The minimum Gasteiger partial charge on any atom is -0.462 e. The van der Waals surface area contributed by atoms with Gasteiger partial charge in [0.25, 0.3) is 0 Å². The van der Waals surface area contributed by atoms with Gasteiger partial charge in [0, 0.05) is 19.4 Å². The summed E-state index contributed by atoms with van der Waals surface area (Å²) in [6, 6.07) is 0. The Balaban J connectivity index is 4.42. The third-order valence-electron chi connectivity index (χ3n) is 10.8. The van der Waals surface area contributed by atoms with Crippen molar-refractivity contribution in [3.05, 3.63) is 109 Å². The average molecular weight is 887 g/mol. The van der Waals surface area contributed by atoms with Gasteiger partial charge in [0.15, 0.2) is 6.10 Å². The van der Waals surface area contributed by atoms with Crippen molar-refractivity contribution in [2.45, 2.75) is 232 Å². The van der Waals surface area contributed by atoms with Crippen molar-refractivity contribution in [3.63, 3.8) is 0 Å². The van der Waals surface area contributed by atoms with Gasteiger partial charge < -0.3 is 14.2 Å². The van der Waals surface area contributed by atoms with Crippen molar-refractivity contribution in [3.8, 4) is 0 Å². The quantitative estimate of drug-likeness (QED) is 0.0346. The van der Waals surface area contributed by atoms with Crippen molar-refractivity contribution in [1.29, 1.82) is 0 Å². The van der Waals surface area contributed by atoms with Crippen LogP contribution in [-0.2, 0) is 23.8 Å². The Morgan fingerprint density at radius 3 is 1.19 bits per heavy atom. The molecule has 0 aliphatic carbocycles. The zero-order chi connectivity index (χ0) is 46.3. The standard InChI is InChI=1S/C59H98O5/c1-4-7-10-13-16-19-22-25-28-30-32-34-37-40-43-46-49-52-58(60)63-56-57(55-62-54-51-48-45-42-39-36-33-29-26-23-20-17-14-11-8-5-2)64-59(61)53-50-47-44-41-38-35-31-27-24-21-18-15-12-9-6-3/h7-8,10-11,16-17,19-20,25-29,31-32,34,40,43,57H,4-6,9,12-15,18,21-24,30,33,35-39,41-42,44-56H2,1-3H3/b10-7-,11-8-,19-16-,20-17-,28-25-,29-26-,31-27-,34-32-,43-40-. The highest BCUT2D eigenvalue weighted by atomic mass is 16.6. The molecule has 0 heterocycles. The molecule has 0 rings (SSSR count). The van der Waals surface area contributed by atoms with Gasteiger partial charge in [-0.2, -0.15) is 0 Å². The third-order valence-corrected chi connectivity index (χ3v) is 10.8. The number of rotatable bonds is 47. The lowest BCUT2D eigenvalue weighted by Gasteiger charge is -2.18. The van der Waals surface area contributed by atoms with E-state index in [1.54, 1.807) is 0 Å². The highest BCUT2D eigenvalue weighted by molar-refractivity contribution is 5.70. The van der Waals surface area contributed by atoms with E-state index in [9.17, 15) is 9.59 Å². The SMILES string of the molecule is CC/C=C\C/C=C\C/C=C\C/C=C\C/C=C\CCCC(=O)OCC(COCCCCCCCC/C=C\C/C=C\C/C=C\CC)OC(=O)CCCCCCC/C=C\CCCCCCCC. The first-order valence-electron chi connectivity index (χ1n) is 26.4. The zero-order valence-corrected chi connectivity index (χ0v) is 41.8. The average Bonchev–Trinajstić information content (AvgIpc) is 3.30. The Bertz CT molecular complexity index is 1280. The lowest BCUT2D eigenvalue weighted by Crippen LogP contribution is -2.30. The van der Waals surface area contributed by atoms with E-state index in [-0.39, 0.29) is 25.2 Å². The van der Waals surface area contributed by atoms with E-state index < -0.39 is 6.10 Å². The maximum atomic E-state index is 12.8. The Labute approximate surface area is 395 Å². The van der Waals surface area contributed by atoms with E-state index in [1.165, 1.54) is 83.5 Å². The molecule has 0 aromatic carbocycles. The summed E-state index contributed by atoms with van der Waals surface area (Å²) in [6.07, 6.45) is 73.9. The molecule has 0 aromatic heterocycles. The largest absolute Gasteiger partial charge is 0.462 e. The van der Waals surface area contributed by atoms with Crippen LogP contribution in [0, 0.1) is 0 Å². The van der Waals surface area contributed by atoms with E-state index in [2.05, 4.69) is 130 Å². The van der Waals surface area contributed by atoms with Crippen molar-refractivity contribution < 1.29 is 23.8 Å². The van der Waals surface area contributed by atoms with Gasteiger partial charge in [-0.05, 0) is 116 Å². The molecule has 0 N–H and O–H groups in total. The van der Waals surface area contributed by atoms with Gasteiger partial charge >= 0.3 is 11.9 Å². The molecule has 0 aliphatic rings. The maximum absolute atomic E-state index is 12.8. The lowest BCUT2D eigenvalue weighted by molar-refractivity contribution is -0.163. The summed E-state index contributed by atoms with van der Waals surface area (Å²) < 4.78 is 17.4. The number of hydrogen-bond donors (Lipinski definition) is 0. The van der Waals surface area contributed by atoms with E-state index in [0.29, 0.717) is 19.4 Å². The Morgan fingerprint density at radius 1 is 0.359 bits per heavy atom. The van der Waals surface area contributed by atoms with E-state index >= 15 is 0 Å². The molecular formula is C59H98O5. The van der Waals surface area contributed by atoms with Crippen LogP contribution in [0.1, 0.15) is 226 Å². The molecule has 0 radical (unpaired) electrons. The van der Waals surface area contributed by atoms with Crippen LogP contribution in [0.5, 0.6) is 0 Å². The van der Waals surface area contributed by atoms with Crippen LogP contribution in [0.15, 0.2) is 109 Å². The van der Waals surface area contributed by atoms with E-state index in [1.807, 2.05) is 0 Å². The van der Waals surface area contributed by atoms with E-state index in [4.69, 9.17) is 14.2 Å². The third kappa shape index (κ3) is 51.2. The van der Waals surface area contributed by atoms with Crippen LogP contribution >= 0.6 is 0 Å². The number of allylic oxidation sites excluding steroid dienone is 18. The highest BCUT2D eigenvalue weighted by Gasteiger charge is 2.17. The van der Waals surface area contributed by atoms with Gasteiger partial charge in [0.1, 0.15) is 6.61 Å². The molecule has 0 saturated heterocycles. The molecule has 64 heavy (non-hydrogen) atoms. The lowest BCUT2D eigenvalue weighted by atomic mass is 10.1. The molecule has 364 valence electrons. The van der Waals surface area contributed by atoms with Crippen LogP contribution in [0.25, 0.3) is 0 Å². The fourth-order valence-corrected chi connectivity index (χ4v) is 6.91. The molecule has 1 unspecified atom stereocenters. The second-order valence-electron chi connectivity index (χ2n) is 17.0. The molecule has 1 atom stereocenters. The number of unbranched alkanes of at least 4 members (excludes halogenated alkanes) is 18. The second-order valence-corrected chi connectivity index (χ2v) is 17.0. The first kappa shape index (κ1) is 60.6. The molecule has 0 fully saturated rings. The number of carbonyl (C=O) groups excluding carboxylic acids is 2. The number of esters is 2. The molecule has 0 saturated carbocycles. The predicted octanol–water partition coefficient (Wildman–Crippen LogP) is 18.0. The molecule has 0 aromatic rings. The summed E-state index contributed by atoms with van der Waals surface area (Å²) in [5.41, 5.74) is 0. The summed E-state index contributed by atoms with van der Waals surface area (Å²) in [5, 5.41) is 0. The van der Waals surface area contributed by atoms with Gasteiger partial charge in [-0.3, -0.25) is 9.59 Å². The van der Waals surface area contributed by atoms with Crippen LogP contribution in [-0.4, -0.2) is 37.9 Å². The Kier molecular flexibility index (Phi) is 51.0. The number of ether oxygens (including phenoxy) is 3. The summed E-state index contributed by atoms with van der Waals surface area (Å²) >= 11 is 0. The molecule has 5 heteroatoms. The van der Waals surface area contributed by atoms with Crippen molar-refractivity contribution in [2.24, 2.45) is 0 Å². The summed E-state index contributed by atoms with van der Waals surface area (Å²) in [5.74, 6) is -0.486. The van der Waals surface area contributed by atoms with Crippen LogP contribution in [0.4, 0.5) is 0 Å². The summed E-state index contributed by atoms with van der Waals surface area (Å²) in [6.45, 7) is 7.50. The minimum absolute atomic E-state index is 0.0413. The Hall–Kier alpha value is -3.44. The molecule has 0 amide bonds. The number of hydrogen-bond acceptors (Lipinski definition) is 5. The van der Waals surface area contributed by atoms with Gasteiger partial charge in [-0.15, -0.1) is 0 Å². The maximum Gasteiger partial charge on any atom is 0.306 e. The summed E-state index contributed by atoms with van der Waals surface area (Å²) in [4.78, 5) is 25.4. The van der Waals surface area contributed by atoms with Crippen LogP contribution < -0.4 is 0 Å². The van der Waals surface area contributed by atoms with Crippen molar-refractivity contribution >= 4 is 11.9 Å². The van der Waals surface area contributed by atoms with Gasteiger partial charge in [0.05, 0.1) is 6.61 Å². The topological polar surface area (TPSA) is 61.8 Å². The van der Waals surface area contributed by atoms with Crippen molar-refractivity contribution in [2.75, 3.05) is 19.8 Å². The smallest absolute Gasteiger partial charge is 0.306 e. The Morgan fingerprint density at radius 2 is 0.719 bits per heavy atom. The first-order valence-corrected chi connectivity index (χ1v) is 26.4. The van der Waals surface area contributed by atoms with Crippen LogP contribution in [0.3, 0.4) is 0 Å². The highest BCUT2D eigenvalue weighted by Crippen LogP contribution is 2.13. The fourth-order valence-electron chi connectivity index (χ4n) is 6.91. The molecule has 5 nitrogen and oxygen atoms in total. The zero-order valence-electron chi connectivity index (χ0n) is 41.8. The monoisotopic (exact) mass is 887 g/mol. The fraction of sp³-hybridized carbons (Fsp3) is 0.661. The first-order chi connectivity index (χ1) is 31.6. The van der Waals surface area contributed by atoms with Gasteiger partial charge in [-0.25, -0.2) is 0 Å². The second kappa shape index (κ2) is 53.9.